The van der Waals surface area contributed by atoms with Crippen molar-refractivity contribution in [3.8, 4) is 5.75 Å². The molecule has 5 nitrogen and oxygen atoms in total. The minimum absolute atomic E-state index is 0.0480. The second kappa shape index (κ2) is 8.13. The van der Waals surface area contributed by atoms with Crippen LogP contribution in [0, 0.1) is 22.0 Å². The van der Waals surface area contributed by atoms with E-state index in [0.29, 0.717) is 12.4 Å². The van der Waals surface area contributed by atoms with Gasteiger partial charge in [-0.15, -0.1) is 0 Å². The molecule has 1 aromatic carbocycles. The Labute approximate surface area is 132 Å². The van der Waals surface area contributed by atoms with Gasteiger partial charge in [-0.2, -0.15) is 0 Å². The standard InChI is InChI=1S/C17H26N2O3/c1-14-11-15(2)13-18(12-14)9-5-6-10-22-17-8-4-3-7-16(17)19(20)21/h3-4,7-8,14-15H,5-6,9-13H2,1-2H3/p+1/t14-,15-/m0/s1. The van der Waals surface area contributed by atoms with E-state index in [-0.39, 0.29) is 5.69 Å². The van der Waals surface area contributed by atoms with Gasteiger partial charge in [-0.05, 0) is 25.3 Å². The van der Waals surface area contributed by atoms with E-state index in [1.807, 2.05) is 0 Å². The molecule has 2 atom stereocenters. The molecule has 0 aliphatic carbocycles. The molecule has 22 heavy (non-hydrogen) atoms. The molecule has 1 aromatic rings. The number of nitrogens with one attached hydrogen (secondary N) is 1. The van der Waals surface area contributed by atoms with Crippen LogP contribution >= 0.6 is 0 Å². The van der Waals surface area contributed by atoms with Crippen LogP contribution in [0.2, 0.25) is 0 Å². The molecule has 1 fully saturated rings. The maximum atomic E-state index is 10.9. The molecule has 0 saturated carbocycles. The molecule has 1 N–H and O–H groups in total. The van der Waals surface area contributed by atoms with Crippen molar-refractivity contribution in [3.05, 3.63) is 34.4 Å². The zero-order valence-corrected chi connectivity index (χ0v) is 13.6. The predicted octanol–water partition coefficient (Wildman–Crippen LogP) is 2.31. The van der Waals surface area contributed by atoms with Crippen molar-refractivity contribution in [2.75, 3.05) is 26.2 Å². The van der Waals surface area contributed by atoms with Crippen molar-refractivity contribution >= 4 is 5.69 Å². The fourth-order valence-electron chi connectivity index (χ4n) is 3.52. The van der Waals surface area contributed by atoms with Crippen molar-refractivity contribution in [1.82, 2.24) is 0 Å². The Kier molecular flexibility index (Phi) is 6.19. The maximum absolute atomic E-state index is 10.9. The first kappa shape index (κ1) is 16.7. The summed E-state index contributed by atoms with van der Waals surface area (Å²) in [5.74, 6) is 2.02. The van der Waals surface area contributed by atoms with Crippen molar-refractivity contribution in [1.29, 1.82) is 0 Å². The number of piperidine rings is 1. The minimum Gasteiger partial charge on any atom is -0.487 e. The Morgan fingerprint density at radius 2 is 1.91 bits per heavy atom. The van der Waals surface area contributed by atoms with Crippen LogP contribution in [0.1, 0.15) is 33.1 Å². The van der Waals surface area contributed by atoms with Gasteiger partial charge in [0.1, 0.15) is 0 Å². The first-order valence-electron chi connectivity index (χ1n) is 8.26. The maximum Gasteiger partial charge on any atom is 0.310 e. The average Bonchev–Trinajstić information content (AvgIpc) is 2.46. The molecule has 5 heteroatoms. The fourth-order valence-corrected chi connectivity index (χ4v) is 3.52. The molecule has 0 bridgehead atoms. The highest BCUT2D eigenvalue weighted by atomic mass is 16.6. The number of hydrogen-bond acceptors (Lipinski definition) is 3. The van der Waals surface area contributed by atoms with Gasteiger partial charge in [0.15, 0.2) is 5.75 Å². The number of likely N-dealkylation sites (tertiary alicyclic amines) is 1. The Hall–Kier alpha value is -1.62. The van der Waals surface area contributed by atoms with Crippen molar-refractivity contribution < 1.29 is 14.6 Å². The summed E-state index contributed by atoms with van der Waals surface area (Å²) in [5, 5.41) is 10.9. The van der Waals surface area contributed by atoms with Crippen LogP contribution in [0.15, 0.2) is 24.3 Å². The predicted molar refractivity (Wildman–Crippen MR) is 86.3 cm³/mol. The van der Waals surface area contributed by atoms with Gasteiger partial charge in [-0.1, -0.05) is 26.0 Å². The highest BCUT2D eigenvalue weighted by Crippen LogP contribution is 2.25. The summed E-state index contributed by atoms with van der Waals surface area (Å²) in [6.07, 6.45) is 3.40. The number of rotatable bonds is 7. The summed E-state index contributed by atoms with van der Waals surface area (Å²) in [6, 6.07) is 6.57. The lowest BCUT2D eigenvalue weighted by Crippen LogP contribution is -3.14. The highest BCUT2D eigenvalue weighted by molar-refractivity contribution is 5.45. The van der Waals surface area contributed by atoms with Gasteiger partial charge < -0.3 is 9.64 Å². The lowest BCUT2D eigenvalue weighted by Gasteiger charge is -2.32. The van der Waals surface area contributed by atoms with Crippen LogP contribution in [-0.2, 0) is 0 Å². The van der Waals surface area contributed by atoms with Gasteiger partial charge in [0.05, 0.1) is 31.2 Å². The summed E-state index contributed by atoms with van der Waals surface area (Å²) in [5.41, 5.74) is 0.0480. The third kappa shape index (κ3) is 4.98. The number of ether oxygens (including phenoxy) is 1. The van der Waals surface area contributed by atoms with Crippen LogP contribution in [0.3, 0.4) is 0 Å². The number of benzene rings is 1. The van der Waals surface area contributed by atoms with E-state index in [9.17, 15) is 10.1 Å². The number of para-hydroxylation sites is 2. The van der Waals surface area contributed by atoms with Crippen molar-refractivity contribution in [2.24, 2.45) is 11.8 Å². The topological polar surface area (TPSA) is 56.8 Å². The fraction of sp³-hybridized carbons (Fsp3) is 0.647. The molecule has 0 amide bonds. The lowest BCUT2D eigenvalue weighted by molar-refractivity contribution is -0.912. The quantitative estimate of drug-likeness (QED) is 0.478. The number of hydrogen-bond donors (Lipinski definition) is 1. The number of quaternary nitrogens is 1. The van der Waals surface area contributed by atoms with E-state index < -0.39 is 4.92 Å². The molecule has 1 aliphatic rings. The third-order valence-corrected chi connectivity index (χ3v) is 4.32. The Morgan fingerprint density at radius 3 is 2.59 bits per heavy atom. The molecular weight excluding hydrogens is 280 g/mol. The Balaban J connectivity index is 1.68. The number of nitro groups is 1. The van der Waals surface area contributed by atoms with Crippen LogP contribution in [-0.4, -0.2) is 31.2 Å². The summed E-state index contributed by atoms with van der Waals surface area (Å²) >= 11 is 0. The molecule has 0 radical (unpaired) electrons. The summed E-state index contributed by atoms with van der Waals surface area (Å²) < 4.78 is 5.58. The minimum atomic E-state index is -0.393. The first-order valence-corrected chi connectivity index (χ1v) is 8.26. The van der Waals surface area contributed by atoms with E-state index in [1.165, 1.54) is 32.1 Å². The smallest absolute Gasteiger partial charge is 0.310 e. The second-order valence-corrected chi connectivity index (χ2v) is 6.63. The molecule has 0 unspecified atom stereocenters. The molecule has 1 saturated heterocycles. The molecule has 1 aliphatic heterocycles. The molecule has 122 valence electrons. The lowest BCUT2D eigenvalue weighted by atomic mass is 9.92. The molecule has 2 rings (SSSR count). The van der Waals surface area contributed by atoms with E-state index in [1.54, 1.807) is 23.1 Å². The van der Waals surface area contributed by atoms with E-state index >= 15 is 0 Å². The zero-order valence-electron chi connectivity index (χ0n) is 13.6. The monoisotopic (exact) mass is 307 g/mol. The Bertz CT molecular complexity index is 483. The SMILES string of the molecule is C[C@H]1C[C@H](C)C[NH+](CCCCOc2ccccc2[N+](=O)[O-])C1. The van der Waals surface area contributed by atoms with Crippen LogP contribution in [0.5, 0.6) is 5.75 Å². The zero-order chi connectivity index (χ0) is 15.9. The van der Waals surface area contributed by atoms with Gasteiger partial charge >= 0.3 is 5.69 Å². The largest absolute Gasteiger partial charge is 0.487 e. The molecule has 0 aromatic heterocycles. The van der Waals surface area contributed by atoms with Crippen molar-refractivity contribution in [3.63, 3.8) is 0 Å². The molecule has 0 spiro atoms. The van der Waals surface area contributed by atoms with Gasteiger partial charge in [-0.3, -0.25) is 10.1 Å². The highest BCUT2D eigenvalue weighted by Gasteiger charge is 2.24. The Morgan fingerprint density at radius 1 is 1.23 bits per heavy atom. The van der Waals surface area contributed by atoms with Crippen LogP contribution in [0.4, 0.5) is 5.69 Å². The number of nitrogens with zero attached hydrogens (tertiary/aromatic N) is 1. The normalized spacial score (nSPS) is 24.9. The van der Waals surface area contributed by atoms with Crippen LogP contribution < -0.4 is 9.64 Å². The van der Waals surface area contributed by atoms with Gasteiger partial charge in [0.2, 0.25) is 0 Å². The molecular formula is C17H27N2O3+. The third-order valence-electron chi connectivity index (χ3n) is 4.32. The summed E-state index contributed by atoms with van der Waals surface area (Å²) in [4.78, 5) is 12.2. The average molecular weight is 307 g/mol. The number of unbranched alkanes of at least 4 members (excludes halogenated alkanes) is 1. The van der Waals surface area contributed by atoms with Crippen LogP contribution in [0.25, 0.3) is 0 Å². The second-order valence-electron chi connectivity index (χ2n) is 6.63. The summed E-state index contributed by atoms with van der Waals surface area (Å²) in [6.45, 7) is 8.95. The van der Waals surface area contributed by atoms with Gasteiger partial charge in [0.25, 0.3) is 0 Å². The van der Waals surface area contributed by atoms with Gasteiger partial charge in [-0.25, -0.2) is 0 Å². The van der Waals surface area contributed by atoms with E-state index in [0.717, 1.165) is 24.7 Å². The van der Waals surface area contributed by atoms with E-state index in [4.69, 9.17) is 4.74 Å². The first-order chi connectivity index (χ1) is 10.6. The summed E-state index contributed by atoms with van der Waals surface area (Å²) in [7, 11) is 0. The molecule has 1 heterocycles. The van der Waals surface area contributed by atoms with Gasteiger partial charge in [0, 0.05) is 17.9 Å². The van der Waals surface area contributed by atoms with E-state index in [2.05, 4.69) is 13.8 Å². The van der Waals surface area contributed by atoms with Crippen molar-refractivity contribution in [2.45, 2.75) is 33.1 Å². The number of nitro benzene ring substituents is 1.